The van der Waals surface area contributed by atoms with Crippen molar-refractivity contribution in [3.63, 3.8) is 0 Å². The SMILES string of the molecule is CC(=O)c1ccccc1-c1nc(C(=O)N2C[C@@H]3CC(C)(C)C[C@]2(C)C3)cs1. The molecule has 2 aliphatic rings. The molecule has 1 aliphatic carbocycles. The number of carbonyl (C=O) groups excluding carboxylic acids is 2. The molecule has 1 aliphatic heterocycles. The Balaban J connectivity index is 1.63. The summed E-state index contributed by atoms with van der Waals surface area (Å²) < 4.78 is 0. The molecule has 1 saturated heterocycles. The summed E-state index contributed by atoms with van der Waals surface area (Å²) in [5.41, 5.74) is 2.16. The van der Waals surface area contributed by atoms with Crippen LogP contribution >= 0.6 is 11.3 Å². The van der Waals surface area contributed by atoms with Crippen molar-refractivity contribution in [3.8, 4) is 10.6 Å². The lowest BCUT2D eigenvalue weighted by Crippen LogP contribution is -2.47. The van der Waals surface area contributed by atoms with Gasteiger partial charge in [0, 0.05) is 28.6 Å². The molecule has 2 fully saturated rings. The van der Waals surface area contributed by atoms with Crippen LogP contribution in [-0.4, -0.2) is 33.7 Å². The fourth-order valence-corrected chi connectivity index (χ4v) is 6.24. The summed E-state index contributed by atoms with van der Waals surface area (Å²) in [7, 11) is 0. The zero-order valence-corrected chi connectivity index (χ0v) is 17.2. The van der Waals surface area contributed by atoms with E-state index in [1.165, 1.54) is 17.8 Å². The van der Waals surface area contributed by atoms with Crippen LogP contribution in [0.4, 0.5) is 0 Å². The number of rotatable bonds is 3. The van der Waals surface area contributed by atoms with E-state index in [1.807, 2.05) is 29.6 Å². The number of fused-ring (bicyclic) bond motifs is 2. The van der Waals surface area contributed by atoms with Gasteiger partial charge < -0.3 is 4.90 Å². The first-order valence-corrected chi connectivity index (χ1v) is 10.4. The predicted molar refractivity (Wildman–Crippen MR) is 108 cm³/mol. The Labute approximate surface area is 164 Å². The third-order valence-electron chi connectivity index (χ3n) is 6.03. The van der Waals surface area contributed by atoms with Crippen molar-refractivity contribution in [2.45, 2.75) is 52.5 Å². The minimum absolute atomic E-state index is 0.0109. The second-order valence-corrected chi connectivity index (χ2v) is 10.0. The Morgan fingerprint density at radius 2 is 1.93 bits per heavy atom. The molecule has 1 aromatic heterocycles. The molecule has 142 valence electrons. The number of hydrogen-bond donors (Lipinski definition) is 0. The van der Waals surface area contributed by atoms with Crippen molar-refractivity contribution in [1.82, 2.24) is 9.88 Å². The molecule has 1 aromatic carbocycles. The number of benzene rings is 1. The topological polar surface area (TPSA) is 50.3 Å². The molecule has 1 amide bonds. The normalized spacial score (nSPS) is 26.2. The minimum atomic E-state index is -0.0788. The van der Waals surface area contributed by atoms with Crippen LogP contribution in [0.1, 0.15) is 67.8 Å². The standard InChI is InChI=1S/C22H26N2O2S/c1-14(25)16-7-5-6-8-17(16)19-23-18(12-27-19)20(26)24-11-15-9-21(2,3)13-22(24,4)10-15/h5-8,12,15H,9-11,13H2,1-4H3/t15-,22+/m1/s1. The number of likely N-dealkylation sites (tertiary alicyclic amines) is 1. The number of amides is 1. The Kier molecular flexibility index (Phi) is 4.26. The van der Waals surface area contributed by atoms with Crippen molar-refractivity contribution in [3.05, 3.63) is 40.9 Å². The highest BCUT2D eigenvalue weighted by Crippen LogP contribution is 2.51. The highest BCUT2D eigenvalue weighted by molar-refractivity contribution is 7.13. The van der Waals surface area contributed by atoms with Crippen LogP contribution in [0, 0.1) is 11.3 Å². The highest BCUT2D eigenvalue weighted by atomic mass is 32.1. The Bertz CT molecular complexity index is 917. The fourth-order valence-electron chi connectivity index (χ4n) is 5.40. The monoisotopic (exact) mass is 382 g/mol. The lowest BCUT2D eigenvalue weighted by Gasteiger charge is -2.43. The van der Waals surface area contributed by atoms with Crippen LogP contribution in [0.25, 0.3) is 10.6 Å². The van der Waals surface area contributed by atoms with E-state index in [0.29, 0.717) is 17.2 Å². The summed E-state index contributed by atoms with van der Waals surface area (Å²) in [5, 5.41) is 2.57. The molecule has 27 heavy (non-hydrogen) atoms. The van der Waals surface area contributed by atoms with Crippen LogP contribution in [0.5, 0.6) is 0 Å². The van der Waals surface area contributed by atoms with Gasteiger partial charge in [0.25, 0.3) is 5.91 Å². The quantitative estimate of drug-likeness (QED) is 0.698. The van der Waals surface area contributed by atoms with Crippen molar-refractivity contribution in [2.75, 3.05) is 6.54 Å². The maximum absolute atomic E-state index is 13.3. The van der Waals surface area contributed by atoms with E-state index in [-0.39, 0.29) is 22.6 Å². The highest BCUT2D eigenvalue weighted by Gasteiger charge is 2.52. The maximum atomic E-state index is 13.3. The molecule has 5 heteroatoms. The molecular formula is C22H26N2O2S. The molecule has 2 heterocycles. The van der Waals surface area contributed by atoms with Gasteiger partial charge in [-0.15, -0.1) is 11.3 Å². The Hall–Kier alpha value is -2.01. The molecule has 2 aromatic rings. The number of ketones is 1. The minimum Gasteiger partial charge on any atom is -0.332 e. The van der Waals surface area contributed by atoms with Crippen LogP contribution < -0.4 is 0 Å². The average molecular weight is 383 g/mol. The van der Waals surface area contributed by atoms with E-state index in [4.69, 9.17) is 0 Å². The molecule has 0 N–H and O–H groups in total. The van der Waals surface area contributed by atoms with Crippen LogP contribution in [0.15, 0.2) is 29.6 Å². The summed E-state index contributed by atoms with van der Waals surface area (Å²) >= 11 is 1.43. The molecule has 4 rings (SSSR count). The zero-order valence-electron chi connectivity index (χ0n) is 16.4. The van der Waals surface area contributed by atoms with Crippen molar-refractivity contribution < 1.29 is 9.59 Å². The van der Waals surface area contributed by atoms with E-state index in [9.17, 15) is 9.59 Å². The van der Waals surface area contributed by atoms with Gasteiger partial charge in [0.15, 0.2) is 5.78 Å². The lowest BCUT2D eigenvalue weighted by atomic mass is 9.67. The van der Waals surface area contributed by atoms with Crippen molar-refractivity contribution >= 4 is 23.0 Å². The smallest absolute Gasteiger partial charge is 0.273 e. The van der Waals surface area contributed by atoms with Crippen LogP contribution in [0.3, 0.4) is 0 Å². The number of Topliss-reactive ketones (excluding diaryl/α,β-unsaturated/α-hetero) is 1. The van der Waals surface area contributed by atoms with Gasteiger partial charge in [0.05, 0.1) is 0 Å². The molecule has 2 atom stereocenters. The van der Waals surface area contributed by atoms with Crippen molar-refractivity contribution in [2.24, 2.45) is 11.3 Å². The molecule has 0 spiro atoms. The zero-order chi connectivity index (χ0) is 19.4. The van der Waals surface area contributed by atoms with Crippen LogP contribution in [0.2, 0.25) is 0 Å². The molecule has 4 nitrogen and oxygen atoms in total. The maximum Gasteiger partial charge on any atom is 0.273 e. The van der Waals surface area contributed by atoms with Gasteiger partial charge in [0.1, 0.15) is 10.7 Å². The summed E-state index contributed by atoms with van der Waals surface area (Å²) in [4.78, 5) is 31.9. The van der Waals surface area contributed by atoms with Gasteiger partial charge in [-0.25, -0.2) is 4.98 Å². The summed E-state index contributed by atoms with van der Waals surface area (Å²) in [6.45, 7) is 9.24. The summed E-state index contributed by atoms with van der Waals surface area (Å²) in [6.07, 6.45) is 3.30. The molecule has 0 unspecified atom stereocenters. The number of aromatic nitrogens is 1. The van der Waals surface area contributed by atoms with Gasteiger partial charge >= 0.3 is 0 Å². The fraction of sp³-hybridized carbons (Fsp3) is 0.500. The first-order chi connectivity index (χ1) is 12.7. The van der Waals surface area contributed by atoms with E-state index in [0.717, 1.165) is 30.0 Å². The first kappa shape index (κ1) is 18.4. The number of nitrogens with zero attached hydrogens (tertiary/aromatic N) is 2. The number of carbonyl (C=O) groups is 2. The lowest BCUT2D eigenvalue weighted by molar-refractivity contribution is 0.0505. The Morgan fingerprint density at radius 3 is 2.67 bits per heavy atom. The van der Waals surface area contributed by atoms with Gasteiger partial charge in [-0.2, -0.15) is 0 Å². The van der Waals surface area contributed by atoms with Gasteiger partial charge in [0.2, 0.25) is 0 Å². The Morgan fingerprint density at radius 1 is 1.19 bits per heavy atom. The van der Waals surface area contributed by atoms with E-state index in [1.54, 1.807) is 6.92 Å². The van der Waals surface area contributed by atoms with Crippen molar-refractivity contribution in [1.29, 1.82) is 0 Å². The largest absolute Gasteiger partial charge is 0.332 e. The van der Waals surface area contributed by atoms with Crippen LogP contribution in [-0.2, 0) is 0 Å². The van der Waals surface area contributed by atoms with E-state index >= 15 is 0 Å². The predicted octanol–water partition coefficient (Wildman–Crippen LogP) is 5.05. The molecular weight excluding hydrogens is 356 g/mol. The summed E-state index contributed by atoms with van der Waals surface area (Å²) in [5.74, 6) is 0.622. The number of hydrogen-bond acceptors (Lipinski definition) is 4. The van der Waals surface area contributed by atoms with E-state index in [2.05, 4.69) is 30.7 Å². The third kappa shape index (κ3) is 3.22. The first-order valence-electron chi connectivity index (χ1n) is 9.56. The third-order valence-corrected chi connectivity index (χ3v) is 6.90. The second kappa shape index (κ2) is 6.26. The van der Waals surface area contributed by atoms with Gasteiger partial charge in [-0.3, -0.25) is 9.59 Å². The molecule has 2 bridgehead atoms. The molecule has 0 radical (unpaired) electrons. The molecule has 1 saturated carbocycles. The number of thiazole rings is 1. The van der Waals surface area contributed by atoms with Gasteiger partial charge in [-0.1, -0.05) is 38.1 Å². The average Bonchev–Trinajstić information content (AvgIpc) is 3.15. The van der Waals surface area contributed by atoms with E-state index < -0.39 is 0 Å². The second-order valence-electron chi connectivity index (χ2n) is 9.17. The van der Waals surface area contributed by atoms with Gasteiger partial charge in [-0.05, 0) is 44.4 Å². The summed E-state index contributed by atoms with van der Waals surface area (Å²) in [6, 6.07) is 7.47.